The molecule has 130 valence electrons. The third kappa shape index (κ3) is 3.66. The van der Waals surface area contributed by atoms with Crippen LogP contribution in [-0.2, 0) is 6.54 Å². The highest BCUT2D eigenvalue weighted by Gasteiger charge is 2.20. The molecule has 0 radical (unpaired) electrons. The molecule has 0 aliphatic carbocycles. The zero-order valence-electron chi connectivity index (χ0n) is 12.4. The van der Waals surface area contributed by atoms with Gasteiger partial charge in [-0.05, 0) is 35.4 Å². The van der Waals surface area contributed by atoms with Gasteiger partial charge in [-0.1, -0.05) is 11.2 Å². The fraction of sp³-hybridized carbons (Fsp3) is 0.125. The summed E-state index contributed by atoms with van der Waals surface area (Å²) in [6.45, 7) is -0.119. The topological polar surface area (TPSA) is 51.0 Å². The van der Waals surface area contributed by atoms with E-state index in [2.05, 4.69) is 20.0 Å². The molecule has 25 heavy (non-hydrogen) atoms. The van der Waals surface area contributed by atoms with Gasteiger partial charge in [-0.25, -0.2) is 22.0 Å². The highest BCUT2D eigenvalue weighted by molar-refractivity contribution is 5.27. The number of halogens is 5. The van der Waals surface area contributed by atoms with E-state index in [0.717, 1.165) is 30.7 Å². The van der Waals surface area contributed by atoms with Gasteiger partial charge in [-0.3, -0.25) is 5.32 Å². The lowest BCUT2D eigenvalue weighted by atomic mass is 10.1. The van der Waals surface area contributed by atoms with Gasteiger partial charge in [0.15, 0.2) is 34.9 Å². The van der Waals surface area contributed by atoms with Gasteiger partial charge in [0.25, 0.3) is 0 Å². The lowest BCUT2D eigenvalue weighted by Crippen LogP contribution is -2.23. The van der Waals surface area contributed by atoms with Crippen LogP contribution in [0.3, 0.4) is 0 Å². The van der Waals surface area contributed by atoms with Crippen LogP contribution in [0, 0.1) is 29.1 Å². The van der Waals surface area contributed by atoms with Crippen LogP contribution in [0.2, 0.25) is 0 Å². The standard InChI is InChI=1S/C16H10F5N3O/c17-10-2-1-9(5-11(10)18)15(16-23-7-25-24-16)22-6-8-3-12(19)14(21)13(20)4-8/h1-5,7,15,22H,6H2. The van der Waals surface area contributed by atoms with Crippen molar-refractivity contribution in [3.05, 3.63) is 82.8 Å². The Morgan fingerprint density at radius 3 is 2.24 bits per heavy atom. The number of benzene rings is 2. The summed E-state index contributed by atoms with van der Waals surface area (Å²) in [7, 11) is 0. The monoisotopic (exact) mass is 355 g/mol. The second kappa shape index (κ2) is 6.98. The minimum Gasteiger partial charge on any atom is -0.343 e. The quantitative estimate of drug-likeness (QED) is 0.561. The number of nitrogens with one attached hydrogen (secondary N) is 1. The third-order valence-corrected chi connectivity index (χ3v) is 3.47. The van der Waals surface area contributed by atoms with Crippen LogP contribution < -0.4 is 5.32 Å². The Labute approximate surface area is 138 Å². The summed E-state index contributed by atoms with van der Waals surface area (Å²) in [5, 5.41) is 6.48. The average molecular weight is 355 g/mol. The fourth-order valence-corrected chi connectivity index (χ4v) is 2.29. The van der Waals surface area contributed by atoms with E-state index in [1.807, 2.05) is 0 Å². The number of hydrogen-bond donors (Lipinski definition) is 1. The molecule has 3 rings (SSSR count). The smallest absolute Gasteiger partial charge is 0.213 e. The maximum Gasteiger partial charge on any atom is 0.213 e. The zero-order valence-corrected chi connectivity index (χ0v) is 12.4. The lowest BCUT2D eigenvalue weighted by molar-refractivity contribution is 0.401. The van der Waals surface area contributed by atoms with Crippen molar-refractivity contribution < 1.29 is 26.5 Å². The molecule has 0 spiro atoms. The first-order valence-electron chi connectivity index (χ1n) is 7.03. The SMILES string of the molecule is Fc1ccc(C(NCc2cc(F)c(F)c(F)c2)c2ncon2)cc1F. The van der Waals surface area contributed by atoms with E-state index in [0.29, 0.717) is 0 Å². The number of aromatic nitrogens is 2. The minimum atomic E-state index is -1.57. The van der Waals surface area contributed by atoms with Crippen molar-refractivity contribution in [1.82, 2.24) is 15.5 Å². The van der Waals surface area contributed by atoms with E-state index in [1.165, 1.54) is 6.07 Å². The third-order valence-electron chi connectivity index (χ3n) is 3.47. The van der Waals surface area contributed by atoms with E-state index in [-0.39, 0.29) is 23.5 Å². The fourth-order valence-electron chi connectivity index (χ4n) is 2.29. The molecule has 1 atom stereocenters. The maximum atomic E-state index is 13.5. The number of nitrogens with zero attached hydrogens (tertiary/aromatic N) is 2. The molecule has 2 aromatic carbocycles. The molecule has 0 fully saturated rings. The van der Waals surface area contributed by atoms with E-state index >= 15 is 0 Å². The summed E-state index contributed by atoms with van der Waals surface area (Å²) in [6, 6.07) is 3.97. The van der Waals surface area contributed by atoms with Crippen LogP contribution >= 0.6 is 0 Å². The Hall–Kier alpha value is -2.81. The predicted molar refractivity (Wildman–Crippen MR) is 75.7 cm³/mol. The van der Waals surface area contributed by atoms with E-state index in [1.54, 1.807) is 0 Å². The van der Waals surface area contributed by atoms with Crippen LogP contribution in [-0.4, -0.2) is 10.1 Å². The van der Waals surface area contributed by atoms with Gasteiger partial charge >= 0.3 is 0 Å². The molecule has 1 N–H and O–H groups in total. The van der Waals surface area contributed by atoms with Crippen LogP contribution in [0.1, 0.15) is 23.0 Å². The summed E-state index contributed by atoms with van der Waals surface area (Å²) >= 11 is 0. The number of hydrogen-bond acceptors (Lipinski definition) is 4. The summed E-state index contributed by atoms with van der Waals surface area (Å²) < 4.78 is 70.8. The second-order valence-corrected chi connectivity index (χ2v) is 5.15. The minimum absolute atomic E-state index is 0.104. The molecule has 0 saturated heterocycles. The Bertz CT molecular complexity index is 862. The molecule has 4 nitrogen and oxygen atoms in total. The van der Waals surface area contributed by atoms with Crippen LogP contribution in [0.25, 0.3) is 0 Å². The molecule has 0 aliphatic heterocycles. The van der Waals surface area contributed by atoms with Crippen molar-refractivity contribution >= 4 is 0 Å². The van der Waals surface area contributed by atoms with Crippen molar-refractivity contribution in [2.75, 3.05) is 0 Å². The van der Waals surface area contributed by atoms with Crippen LogP contribution in [0.4, 0.5) is 22.0 Å². The van der Waals surface area contributed by atoms with E-state index in [4.69, 9.17) is 0 Å². The normalized spacial score (nSPS) is 12.4. The molecule has 1 unspecified atom stereocenters. The van der Waals surface area contributed by atoms with Gasteiger partial charge in [-0.2, -0.15) is 4.98 Å². The molecule has 0 bridgehead atoms. The van der Waals surface area contributed by atoms with Crippen LogP contribution in [0.15, 0.2) is 41.2 Å². The molecule has 0 saturated carbocycles. The lowest BCUT2D eigenvalue weighted by Gasteiger charge is -2.16. The summed E-state index contributed by atoms with van der Waals surface area (Å²) in [6.07, 6.45) is 1.04. The van der Waals surface area contributed by atoms with Crippen molar-refractivity contribution in [3.63, 3.8) is 0 Å². The summed E-state index contributed by atoms with van der Waals surface area (Å²) in [4.78, 5) is 3.84. The highest BCUT2D eigenvalue weighted by Crippen LogP contribution is 2.22. The van der Waals surface area contributed by atoms with Gasteiger partial charge < -0.3 is 4.52 Å². The van der Waals surface area contributed by atoms with Gasteiger partial charge in [0.2, 0.25) is 6.39 Å². The Balaban J connectivity index is 1.87. The van der Waals surface area contributed by atoms with Gasteiger partial charge in [0.1, 0.15) is 0 Å². The average Bonchev–Trinajstić information content (AvgIpc) is 3.10. The van der Waals surface area contributed by atoms with Crippen molar-refractivity contribution in [2.45, 2.75) is 12.6 Å². The summed E-state index contributed by atoms with van der Waals surface area (Å²) in [5.74, 6) is -6.24. The first kappa shape index (κ1) is 17.0. The molecule has 0 amide bonds. The molecule has 0 aliphatic rings. The van der Waals surface area contributed by atoms with Crippen molar-refractivity contribution in [3.8, 4) is 0 Å². The van der Waals surface area contributed by atoms with Gasteiger partial charge in [0, 0.05) is 6.54 Å². The van der Waals surface area contributed by atoms with E-state index < -0.39 is 35.1 Å². The maximum absolute atomic E-state index is 13.5. The number of rotatable bonds is 5. The first-order valence-corrected chi connectivity index (χ1v) is 7.03. The van der Waals surface area contributed by atoms with Crippen LogP contribution in [0.5, 0.6) is 0 Å². The van der Waals surface area contributed by atoms with E-state index in [9.17, 15) is 22.0 Å². The Morgan fingerprint density at radius 2 is 1.64 bits per heavy atom. The Morgan fingerprint density at radius 1 is 0.920 bits per heavy atom. The zero-order chi connectivity index (χ0) is 18.0. The highest BCUT2D eigenvalue weighted by atomic mass is 19.2. The molecule has 3 aromatic rings. The molecule has 1 heterocycles. The molecular weight excluding hydrogens is 345 g/mol. The molecule has 1 aromatic heterocycles. The molecule has 9 heteroatoms. The summed E-state index contributed by atoms with van der Waals surface area (Å²) in [5.41, 5.74) is 0.371. The predicted octanol–water partition coefficient (Wildman–Crippen LogP) is 3.64. The van der Waals surface area contributed by atoms with Crippen molar-refractivity contribution in [1.29, 1.82) is 0 Å². The van der Waals surface area contributed by atoms with Gasteiger partial charge in [-0.15, -0.1) is 0 Å². The second-order valence-electron chi connectivity index (χ2n) is 5.15. The largest absolute Gasteiger partial charge is 0.343 e. The molecular formula is C16H10F5N3O. The van der Waals surface area contributed by atoms with Gasteiger partial charge in [0.05, 0.1) is 6.04 Å². The Kier molecular flexibility index (Phi) is 4.75. The first-order chi connectivity index (χ1) is 12.0. The van der Waals surface area contributed by atoms with Crippen molar-refractivity contribution in [2.24, 2.45) is 0 Å².